The van der Waals surface area contributed by atoms with E-state index >= 15 is 0 Å². The van der Waals surface area contributed by atoms with E-state index in [1.807, 2.05) is 6.08 Å². The van der Waals surface area contributed by atoms with E-state index in [9.17, 15) is 19.8 Å². The van der Waals surface area contributed by atoms with E-state index in [0.717, 1.165) is 51.4 Å². The summed E-state index contributed by atoms with van der Waals surface area (Å²) in [4.78, 5) is 24.5. The molecule has 2 atom stereocenters. The van der Waals surface area contributed by atoms with Gasteiger partial charge in [-0.05, 0) is 57.8 Å². The van der Waals surface area contributed by atoms with Gasteiger partial charge in [-0.1, -0.05) is 263 Å². The Morgan fingerprint density at radius 1 is 0.422 bits per heavy atom. The van der Waals surface area contributed by atoms with Crippen LogP contribution in [0.4, 0.5) is 0 Å². The Morgan fingerprint density at radius 2 is 0.734 bits per heavy atom. The van der Waals surface area contributed by atoms with Gasteiger partial charge in [0.05, 0.1) is 25.4 Å². The van der Waals surface area contributed by atoms with Crippen LogP contribution in [0, 0.1) is 0 Å². The highest BCUT2D eigenvalue weighted by atomic mass is 16.5. The van der Waals surface area contributed by atoms with Crippen LogP contribution in [-0.4, -0.2) is 47.4 Å². The molecule has 0 aliphatic heterocycles. The van der Waals surface area contributed by atoms with Crippen molar-refractivity contribution in [3.63, 3.8) is 0 Å². The number of hydrogen-bond acceptors (Lipinski definition) is 5. The fraction of sp³-hybridized carbons (Fsp3) is 0.897. The van der Waals surface area contributed by atoms with Crippen molar-refractivity contribution in [2.45, 2.75) is 321 Å². The van der Waals surface area contributed by atoms with E-state index in [0.29, 0.717) is 19.4 Å². The molecule has 0 rings (SSSR count). The normalized spacial score (nSPS) is 12.8. The third kappa shape index (κ3) is 49.8. The first-order valence-corrected chi connectivity index (χ1v) is 28.6. The number of carbonyl (C=O) groups is 2. The minimum absolute atomic E-state index is 0.0103. The molecule has 6 heteroatoms. The third-order valence-corrected chi connectivity index (χ3v) is 13.2. The Kier molecular flexibility index (Phi) is 52.6. The van der Waals surface area contributed by atoms with E-state index in [1.165, 1.54) is 231 Å². The molecular formula is C58H111NO5. The van der Waals surface area contributed by atoms with Crippen molar-refractivity contribution in [2.75, 3.05) is 13.2 Å². The van der Waals surface area contributed by atoms with Crippen LogP contribution in [0.2, 0.25) is 0 Å². The summed E-state index contributed by atoms with van der Waals surface area (Å²) in [7, 11) is 0. The Morgan fingerprint density at radius 3 is 1.14 bits per heavy atom. The highest BCUT2D eigenvalue weighted by molar-refractivity contribution is 5.76. The molecule has 6 nitrogen and oxygen atoms in total. The Balaban J connectivity index is 3.48. The van der Waals surface area contributed by atoms with Crippen molar-refractivity contribution in [1.29, 1.82) is 0 Å². The molecule has 2 unspecified atom stereocenters. The van der Waals surface area contributed by atoms with Crippen molar-refractivity contribution < 1.29 is 24.5 Å². The van der Waals surface area contributed by atoms with Gasteiger partial charge in [-0.15, -0.1) is 0 Å². The summed E-state index contributed by atoms with van der Waals surface area (Å²) >= 11 is 0. The van der Waals surface area contributed by atoms with Crippen LogP contribution in [-0.2, 0) is 14.3 Å². The number of carbonyl (C=O) groups excluding carboxylic acids is 2. The van der Waals surface area contributed by atoms with Crippen molar-refractivity contribution in [3.05, 3.63) is 24.3 Å². The molecule has 0 aromatic rings. The van der Waals surface area contributed by atoms with E-state index < -0.39 is 12.1 Å². The van der Waals surface area contributed by atoms with Crippen molar-refractivity contribution in [1.82, 2.24) is 5.32 Å². The van der Waals surface area contributed by atoms with Gasteiger partial charge in [0, 0.05) is 12.8 Å². The van der Waals surface area contributed by atoms with Gasteiger partial charge in [0.1, 0.15) is 0 Å². The third-order valence-electron chi connectivity index (χ3n) is 13.2. The van der Waals surface area contributed by atoms with Crippen molar-refractivity contribution in [3.8, 4) is 0 Å². The molecule has 0 radical (unpaired) electrons. The van der Waals surface area contributed by atoms with Crippen LogP contribution in [0.3, 0.4) is 0 Å². The average Bonchev–Trinajstić information content (AvgIpc) is 3.29. The molecule has 0 aromatic heterocycles. The highest BCUT2D eigenvalue weighted by Gasteiger charge is 2.18. The highest BCUT2D eigenvalue weighted by Crippen LogP contribution is 2.17. The van der Waals surface area contributed by atoms with Crippen LogP contribution in [0.5, 0.6) is 0 Å². The first-order chi connectivity index (χ1) is 31.5. The Labute approximate surface area is 399 Å². The number of aliphatic hydroxyl groups excluding tert-OH is 2. The van der Waals surface area contributed by atoms with Gasteiger partial charge >= 0.3 is 5.97 Å². The van der Waals surface area contributed by atoms with Gasteiger partial charge in [-0.2, -0.15) is 0 Å². The summed E-state index contributed by atoms with van der Waals surface area (Å²) in [5.74, 6) is -0.0847. The summed E-state index contributed by atoms with van der Waals surface area (Å²) in [6.07, 6.45) is 64.8. The number of rotatable bonds is 53. The predicted molar refractivity (Wildman–Crippen MR) is 278 cm³/mol. The van der Waals surface area contributed by atoms with Crippen LogP contribution in [0.15, 0.2) is 24.3 Å². The molecule has 0 aliphatic rings. The number of amides is 1. The van der Waals surface area contributed by atoms with Gasteiger partial charge in [0.25, 0.3) is 0 Å². The molecule has 0 fully saturated rings. The van der Waals surface area contributed by atoms with Crippen LogP contribution in [0.1, 0.15) is 309 Å². The van der Waals surface area contributed by atoms with Gasteiger partial charge in [-0.25, -0.2) is 0 Å². The fourth-order valence-corrected chi connectivity index (χ4v) is 8.81. The largest absolute Gasteiger partial charge is 0.466 e. The first-order valence-electron chi connectivity index (χ1n) is 28.6. The number of allylic oxidation sites excluding steroid dienone is 3. The summed E-state index contributed by atoms with van der Waals surface area (Å²) in [6.45, 7) is 4.87. The molecule has 3 N–H and O–H groups in total. The maximum Gasteiger partial charge on any atom is 0.305 e. The zero-order chi connectivity index (χ0) is 46.5. The molecule has 1 amide bonds. The smallest absolute Gasteiger partial charge is 0.305 e. The predicted octanol–water partition coefficient (Wildman–Crippen LogP) is 17.5. The number of hydrogen-bond donors (Lipinski definition) is 3. The second kappa shape index (κ2) is 54.0. The van der Waals surface area contributed by atoms with Crippen LogP contribution < -0.4 is 5.32 Å². The summed E-state index contributed by atoms with van der Waals surface area (Å²) in [6, 6.07) is -0.635. The van der Waals surface area contributed by atoms with Gasteiger partial charge in [-0.3, -0.25) is 9.59 Å². The minimum Gasteiger partial charge on any atom is -0.466 e. The van der Waals surface area contributed by atoms with Gasteiger partial charge in [0.2, 0.25) is 5.91 Å². The number of esters is 1. The average molecular weight is 903 g/mol. The Bertz CT molecular complexity index is 997. The zero-order valence-electron chi connectivity index (χ0n) is 43.0. The molecule has 64 heavy (non-hydrogen) atoms. The summed E-state index contributed by atoms with van der Waals surface area (Å²) in [5.41, 5.74) is 0. The summed E-state index contributed by atoms with van der Waals surface area (Å²) in [5, 5.41) is 23.2. The monoisotopic (exact) mass is 902 g/mol. The number of unbranched alkanes of at least 4 members (excludes halogenated alkanes) is 40. The lowest BCUT2D eigenvalue weighted by molar-refractivity contribution is -0.143. The maximum atomic E-state index is 12.5. The lowest BCUT2D eigenvalue weighted by Crippen LogP contribution is -2.45. The van der Waals surface area contributed by atoms with Crippen LogP contribution in [0.25, 0.3) is 0 Å². The second-order valence-corrected chi connectivity index (χ2v) is 19.6. The molecule has 0 aromatic carbocycles. The SMILES string of the molecule is CCCCC/C=C\CCCCCCCC(=O)OCCCCCCCCCCCCCCCCCC(=O)NC(CO)C(O)/C=C/CCCCCCCCCCCCCCCCCCCC. The second-order valence-electron chi connectivity index (χ2n) is 19.6. The minimum atomic E-state index is -0.851. The molecule has 0 saturated heterocycles. The lowest BCUT2D eigenvalue weighted by atomic mass is 10.0. The van der Waals surface area contributed by atoms with Gasteiger partial charge in [0.15, 0.2) is 0 Å². The van der Waals surface area contributed by atoms with E-state index in [2.05, 4.69) is 31.3 Å². The van der Waals surface area contributed by atoms with Crippen molar-refractivity contribution >= 4 is 11.9 Å². The first kappa shape index (κ1) is 62.3. The summed E-state index contributed by atoms with van der Waals surface area (Å²) < 4.78 is 5.45. The molecule has 378 valence electrons. The lowest BCUT2D eigenvalue weighted by Gasteiger charge is -2.20. The molecule has 0 spiro atoms. The number of nitrogens with one attached hydrogen (secondary N) is 1. The number of aliphatic hydroxyl groups is 2. The van der Waals surface area contributed by atoms with Crippen molar-refractivity contribution in [2.24, 2.45) is 0 Å². The molecule has 0 aliphatic carbocycles. The van der Waals surface area contributed by atoms with Crippen LogP contribution >= 0.6 is 0 Å². The number of ether oxygens (including phenoxy) is 1. The molecule has 0 heterocycles. The van der Waals surface area contributed by atoms with Gasteiger partial charge < -0.3 is 20.3 Å². The quantitative estimate of drug-likeness (QED) is 0.0321. The Hall–Kier alpha value is -1.66. The molecule has 0 saturated carbocycles. The molecular weight excluding hydrogens is 791 g/mol. The van der Waals surface area contributed by atoms with E-state index in [-0.39, 0.29) is 18.5 Å². The standard InChI is InChI=1S/C58H111NO5/c1-3-5-7-9-11-13-15-17-18-19-20-21-22-24-27-30-34-38-42-46-50-56(61)55(54-60)59-57(62)51-47-43-39-35-31-28-25-23-26-29-33-37-41-45-49-53-64-58(63)52-48-44-40-36-32-16-14-12-10-8-6-4-2/h12,14,46,50,55-56,60-61H,3-11,13,15-45,47-49,51-54H2,1-2H3,(H,59,62)/b14-12-,50-46+. The molecule has 0 bridgehead atoms. The van der Waals surface area contributed by atoms with E-state index in [1.54, 1.807) is 6.08 Å². The fourth-order valence-electron chi connectivity index (χ4n) is 8.81. The maximum absolute atomic E-state index is 12.5. The van der Waals surface area contributed by atoms with E-state index in [4.69, 9.17) is 4.74 Å². The zero-order valence-corrected chi connectivity index (χ0v) is 43.0. The topological polar surface area (TPSA) is 95.9 Å².